The van der Waals surface area contributed by atoms with Gasteiger partial charge in [0, 0.05) is 6.42 Å². The highest BCUT2D eigenvalue weighted by Crippen LogP contribution is 2.33. The predicted octanol–water partition coefficient (Wildman–Crippen LogP) is 3.87. The van der Waals surface area contributed by atoms with Crippen molar-refractivity contribution < 1.29 is 13.6 Å². The van der Waals surface area contributed by atoms with Gasteiger partial charge in [-0.3, -0.25) is 9.36 Å². The Hall–Kier alpha value is -3.87. The van der Waals surface area contributed by atoms with Crippen molar-refractivity contribution in [3.8, 4) is 0 Å². The summed E-state index contributed by atoms with van der Waals surface area (Å²) in [6, 6.07) is 18.3. The van der Waals surface area contributed by atoms with E-state index in [2.05, 4.69) is 5.10 Å². The van der Waals surface area contributed by atoms with Crippen LogP contribution in [0.3, 0.4) is 0 Å². The molecule has 0 saturated carbocycles. The summed E-state index contributed by atoms with van der Waals surface area (Å²) in [4.78, 5) is 25.5. The number of rotatable bonds is 4. The summed E-state index contributed by atoms with van der Waals surface area (Å²) in [6.07, 6.45) is 2.11. The molecule has 5 rings (SSSR count). The van der Waals surface area contributed by atoms with E-state index in [0.717, 1.165) is 16.8 Å². The molecule has 0 bridgehead atoms. The van der Waals surface area contributed by atoms with Crippen LogP contribution in [0.1, 0.15) is 29.3 Å². The number of amides is 1. The molecule has 150 valence electrons. The summed E-state index contributed by atoms with van der Waals surface area (Å²) in [5.74, 6) is -0.230. The molecule has 2 aromatic carbocycles. The Morgan fingerprint density at radius 2 is 1.90 bits per heavy atom. The smallest absolute Gasteiger partial charge is 0.420 e. The fourth-order valence-electron chi connectivity index (χ4n) is 3.73. The molecule has 0 aliphatic carbocycles. The maximum atomic E-state index is 13.2. The molecule has 1 aliphatic heterocycles. The van der Waals surface area contributed by atoms with E-state index in [0.29, 0.717) is 23.3 Å². The minimum atomic E-state index is -0.568. The zero-order valence-electron chi connectivity index (χ0n) is 16.3. The fourth-order valence-corrected chi connectivity index (χ4v) is 3.73. The highest BCUT2D eigenvalue weighted by Gasteiger charge is 2.35. The summed E-state index contributed by atoms with van der Waals surface area (Å²) in [5.41, 5.74) is 3.93. The third kappa shape index (κ3) is 3.14. The Kier molecular flexibility index (Phi) is 4.35. The molecule has 0 unspecified atom stereocenters. The van der Waals surface area contributed by atoms with E-state index < -0.39 is 5.76 Å². The maximum absolute atomic E-state index is 13.2. The van der Waals surface area contributed by atoms with Crippen LogP contribution in [-0.4, -0.2) is 21.2 Å². The van der Waals surface area contributed by atoms with Crippen LogP contribution in [0, 0.1) is 6.92 Å². The van der Waals surface area contributed by atoms with Crippen LogP contribution in [0.15, 0.2) is 85.7 Å². The largest absolute Gasteiger partial charge is 0.467 e. The Bertz CT molecular complexity index is 1300. The molecule has 2 aromatic heterocycles. The number of furan rings is 1. The van der Waals surface area contributed by atoms with E-state index in [1.807, 2.05) is 37.3 Å². The first-order valence-electron chi connectivity index (χ1n) is 9.68. The summed E-state index contributed by atoms with van der Waals surface area (Å²) < 4.78 is 12.2. The van der Waals surface area contributed by atoms with Crippen LogP contribution in [0.4, 0.5) is 0 Å². The third-order valence-electron chi connectivity index (χ3n) is 5.29. The molecule has 7 nitrogen and oxygen atoms in total. The van der Waals surface area contributed by atoms with Crippen molar-refractivity contribution in [2.75, 3.05) is 0 Å². The molecule has 7 heteroatoms. The lowest BCUT2D eigenvalue weighted by molar-refractivity contribution is -0.134. The number of hydrogen-bond donors (Lipinski definition) is 0. The average molecular weight is 401 g/mol. The van der Waals surface area contributed by atoms with Crippen LogP contribution < -0.4 is 5.76 Å². The Balaban J connectivity index is 1.50. The Morgan fingerprint density at radius 1 is 1.10 bits per heavy atom. The number of carbonyl (C=O) groups is 1. The van der Waals surface area contributed by atoms with Gasteiger partial charge >= 0.3 is 5.76 Å². The molecule has 1 aliphatic rings. The quantitative estimate of drug-likeness (QED) is 0.520. The molecule has 30 heavy (non-hydrogen) atoms. The highest BCUT2D eigenvalue weighted by atomic mass is 16.4. The number of oxazole rings is 1. The number of para-hydroxylation sites is 2. The van der Waals surface area contributed by atoms with Crippen molar-refractivity contribution in [2.45, 2.75) is 25.9 Å². The van der Waals surface area contributed by atoms with Crippen LogP contribution in [0.25, 0.3) is 11.1 Å². The van der Waals surface area contributed by atoms with Crippen molar-refractivity contribution in [2.24, 2.45) is 5.10 Å². The van der Waals surface area contributed by atoms with Gasteiger partial charge in [0.15, 0.2) is 5.58 Å². The van der Waals surface area contributed by atoms with Gasteiger partial charge in [0.05, 0.1) is 17.5 Å². The monoisotopic (exact) mass is 401 g/mol. The number of aryl methyl sites for hydroxylation is 1. The van der Waals surface area contributed by atoms with Gasteiger partial charge in [-0.2, -0.15) is 5.10 Å². The number of fused-ring (bicyclic) bond motifs is 1. The molecule has 0 spiro atoms. The number of nitrogens with zero attached hydrogens (tertiary/aromatic N) is 3. The van der Waals surface area contributed by atoms with Crippen LogP contribution in [0.2, 0.25) is 0 Å². The molecule has 0 saturated heterocycles. The van der Waals surface area contributed by atoms with Crippen molar-refractivity contribution in [1.29, 1.82) is 0 Å². The first kappa shape index (κ1) is 18.2. The van der Waals surface area contributed by atoms with E-state index in [1.54, 1.807) is 36.6 Å². The van der Waals surface area contributed by atoms with Gasteiger partial charge in [-0.25, -0.2) is 9.80 Å². The average Bonchev–Trinajstić information content (AvgIpc) is 3.48. The second kappa shape index (κ2) is 7.18. The minimum Gasteiger partial charge on any atom is -0.467 e. The topological polar surface area (TPSA) is 81.0 Å². The summed E-state index contributed by atoms with van der Waals surface area (Å²) in [6.45, 7) is 1.85. The minimum absolute atomic E-state index is 0.169. The van der Waals surface area contributed by atoms with Crippen LogP contribution in [-0.2, 0) is 11.3 Å². The van der Waals surface area contributed by atoms with E-state index >= 15 is 0 Å². The van der Waals surface area contributed by atoms with E-state index in [-0.39, 0.29) is 18.5 Å². The lowest BCUT2D eigenvalue weighted by atomic mass is 10.0. The fraction of sp³-hybridized carbons (Fsp3) is 0.174. The highest BCUT2D eigenvalue weighted by molar-refractivity contribution is 6.03. The van der Waals surface area contributed by atoms with Gasteiger partial charge in [-0.1, -0.05) is 42.0 Å². The zero-order chi connectivity index (χ0) is 20.7. The molecular weight excluding hydrogens is 382 g/mol. The Morgan fingerprint density at radius 3 is 2.67 bits per heavy atom. The number of carbonyl (C=O) groups excluding carboxylic acids is 1. The second-order valence-corrected chi connectivity index (χ2v) is 7.31. The standard InChI is InChI=1S/C23H19N3O4/c1-15-8-10-16(11-9-15)17-13-19(20-7-4-12-29-20)26(24-17)22(27)14-25-18-5-2-3-6-21(18)30-23(25)28/h2-12,19H,13-14H2,1H3/t19-/m0/s1. The number of hydrazone groups is 1. The second-order valence-electron chi connectivity index (χ2n) is 7.31. The van der Waals surface area contributed by atoms with Gasteiger partial charge in [0.25, 0.3) is 5.91 Å². The van der Waals surface area contributed by atoms with E-state index in [9.17, 15) is 9.59 Å². The van der Waals surface area contributed by atoms with Crippen LogP contribution in [0.5, 0.6) is 0 Å². The summed E-state index contributed by atoms with van der Waals surface area (Å²) >= 11 is 0. The van der Waals surface area contributed by atoms with Gasteiger partial charge in [-0.05, 0) is 36.8 Å². The molecule has 0 radical (unpaired) electrons. The van der Waals surface area contributed by atoms with Gasteiger partial charge in [-0.15, -0.1) is 0 Å². The van der Waals surface area contributed by atoms with E-state index in [4.69, 9.17) is 8.83 Å². The number of hydrogen-bond acceptors (Lipinski definition) is 5. The van der Waals surface area contributed by atoms with Crippen molar-refractivity contribution >= 4 is 22.7 Å². The van der Waals surface area contributed by atoms with Gasteiger partial charge in [0.1, 0.15) is 18.3 Å². The van der Waals surface area contributed by atoms with E-state index in [1.165, 1.54) is 9.58 Å². The zero-order valence-corrected chi connectivity index (χ0v) is 16.3. The SMILES string of the molecule is Cc1ccc(C2=NN(C(=O)Cn3c(=O)oc4ccccc43)[C@H](c3ccco3)C2)cc1. The van der Waals surface area contributed by atoms with Gasteiger partial charge in [0.2, 0.25) is 0 Å². The molecule has 0 fully saturated rings. The van der Waals surface area contributed by atoms with Crippen molar-refractivity contribution in [1.82, 2.24) is 9.58 Å². The van der Waals surface area contributed by atoms with Crippen LogP contribution >= 0.6 is 0 Å². The first-order valence-corrected chi connectivity index (χ1v) is 9.68. The lowest BCUT2D eigenvalue weighted by Crippen LogP contribution is -2.32. The predicted molar refractivity (Wildman–Crippen MR) is 111 cm³/mol. The van der Waals surface area contributed by atoms with Crippen molar-refractivity contribution in [3.63, 3.8) is 0 Å². The number of aromatic nitrogens is 1. The third-order valence-corrected chi connectivity index (χ3v) is 5.29. The maximum Gasteiger partial charge on any atom is 0.420 e. The first-order chi connectivity index (χ1) is 14.6. The Labute approximate surface area is 171 Å². The molecule has 1 amide bonds. The van der Waals surface area contributed by atoms with Crippen molar-refractivity contribution in [3.05, 3.63) is 94.4 Å². The molecular formula is C23H19N3O4. The molecule has 1 atom stereocenters. The molecule has 0 N–H and O–H groups in total. The summed E-state index contributed by atoms with van der Waals surface area (Å²) in [5, 5.41) is 6.03. The molecule has 3 heterocycles. The normalized spacial score (nSPS) is 16.2. The number of benzene rings is 2. The molecule has 4 aromatic rings. The lowest BCUT2D eigenvalue weighted by Gasteiger charge is -2.19. The van der Waals surface area contributed by atoms with Gasteiger partial charge < -0.3 is 8.83 Å². The summed E-state index contributed by atoms with van der Waals surface area (Å²) in [7, 11) is 0.